The SMILES string of the molecule is Cl.Clc1ccc(CNC2CCN(c3ncccn3)C2)c(Cl)c1. The van der Waals surface area contributed by atoms with E-state index in [9.17, 15) is 0 Å². The summed E-state index contributed by atoms with van der Waals surface area (Å²) < 4.78 is 0. The molecule has 0 aliphatic carbocycles. The molecule has 2 aromatic rings. The smallest absolute Gasteiger partial charge is 0.225 e. The summed E-state index contributed by atoms with van der Waals surface area (Å²) in [4.78, 5) is 10.8. The summed E-state index contributed by atoms with van der Waals surface area (Å²) in [7, 11) is 0. The Morgan fingerprint density at radius 3 is 2.73 bits per heavy atom. The number of halogens is 3. The summed E-state index contributed by atoms with van der Waals surface area (Å²) >= 11 is 12.1. The van der Waals surface area contributed by atoms with E-state index in [4.69, 9.17) is 23.2 Å². The Hall–Kier alpha value is -1.07. The maximum atomic E-state index is 6.18. The summed E-state index contributed by atoms with van der Waals surface area (Å²) in [5.41, 5.74) is 1.07. The monoisotopic (exact) mass is 358 g/mol. The van der Waals surface area contributed by atoms with Crippen molar-refractivity contribution in [1.29, 1.82) is 0 Å². The minimum absolute atomic E-state index is 0. The molecule has 2 heterocycles. The van der Waals surface area contributed by atoms with Crippen LogP contribution in [0.25, 0.3) is 0 Å². The number of aromatic nitrogens is 2. The lowest BCUT2D eigenvalue weighted by Crippen LogP contribution is -2.32. The Morgan fingerprint density at radius 2 is 2.00 bits per heavy atom. The zero-order valence-corrected chi connectivity index (χ0v) is 14.2. The fourth-order valence-corrected chi connectivity index (χ4v) is 2.96. The number of nitrogens with one attached hydrogen (secondary N) is 1. The fourth-order valence-electron chi connectivity index (χ4n) is 2.48. The minimum Gasteiger partial charge on any atom is -0.339 e. The maximum absolute atomic E-state index is 6.18. The number of hydrogen-bond acceptors (Lipinski definition) is 4. The Bertz CT molecular complexity index is 609. The zero-order valence-electron chi connectivity index (χ0n) is 11.9. The van der Waals surface area contributed by atoms with Gasteiger partial charge in [0, 0.05) is 48.1 Å². The van der Waals surface area contributed by atoms with Gasteiger partial charge in [-0.1, -0.05) is 29.3 Å². The lowest BCUT2D eigenvalue weighted by Gasteiger charge is -2.16. The van der Waals surface area contributed by atoms with Gasteiger partial charge in [0.05, 0.1) is 0 Å². The van der Waals surface area contributed by atoms with Crippen molar-refractivity contribution in [3.05, 3.63) is 52.3 Å². The molecule has 0 bridgehead atoms. The molecule has 1 aromatic carbocycles. The number of anilines is 1. The fraction of sp³-hybridized carbons (Fsp3) is 0.333. The molecule has 1 aliphatic rings. The highest BCUT2D eigenvalue weighted by molar-refractivity contribution is 6.35. The first kappa shape index (κ1) is 17.3. The summed E-state index contributed by atoms with van der Waals surface area (Å²) in [6, 6.07) is 7.85. The van der Waals surface area contributed by atoms with E-state index in [1.807, 2.05) is 18.2 Å². The van der Waals surface area contributed by atoms with Gasteiger partial charge in [0.15, 0.2) is 0 Å². The van der Waals surface area contributed by atoms with Crippen LogP contribution in [0.2, 0.25) is 10.0 Å². The summed E-state index contributed by atoms with van der Waals surface area (Å²) in [5, 5.41) is 4.90. The van der Waals surface area contributed by atoms with Gasteiger partial charge in [-0.15, -0.1) is 12.4 Å². The van der Waals surface area contributed by atoms with E-state index in [1.54, 1.807) is 18.5 Å². The second-order valence-corrected chi connectivity index (χ2v) is 5.94. The number of hydrogen-bond donors (Lipinski definition) is 1. The average Bonchev–Trinajstić information content (AvgIpc) is 2.96. The van der Waals surface area contributed by atoms with Crippen molar-refractivity contribution in [3.63, 3.8) is 0 Å². The zero-order chi connectivity index (χ0) is 14.7. The summed E-state index contributed by atoms with van der Waals surface area (Å²) in [6.45, 7) is 2.62. The van der Waals surface area contributed by atoms with Crippen molar-refractivity contribution in [2.75, 3.05) is 18.0 Å². The highest BCUT2D eigenvalue weighted by atomic mass is 35.5. The first-order valence-corrected chi connectivity index (χ1v) is 7.67. The molecule has 0 amide bonds. The van der Waals surface area contributed by atoms with Gasteiger partial charge in [-0.25, -0.2) is 9.97 Å². The minimum atomic E-state index is 0. The van der Waals surface area contributed by atoms with Crippen LogP contribution in [-0.4, -0.2) is 29.1 Å². The third kappa shape index (κ3) is 4.23. The molecule has 1 aromatic heterocycles. The largest absolute Gasteiger partial charge is 0.339 e. The van der Waals surface area contributed by atoms with Crippen molar-refractivity contribution in [2.24, 2.45) is 0 Å². The summed E-state index contributed by atoms with van der Waals surface area (Å²) in [6.07, 6.45) is 4.62. The molecule has 1 unspecified atom stereocenters. The Balaban J connectivity index is 0.00000176. The molecule has 3 rings (SSSR count). The van der Waals surface area contributed by atoms with Gasteiger partial charge >= 0.3 is 0 Å². The van der Waals surface area contributed by atoms with Gasteiger partial charge in [-0.2, -0.15) is 0 Å². The maximum Gasteiger partial charge on any atom is 0.225 e. The molecule has 1 aliphatic heterocycles. The van der Waals surface area contributed by atoms with Gasteiger partial charge < -0.3 is 10.2 Å². The van der Waals surface area contributed by atoms with Crippen LogP contribution in [0.3, 0.4) is 0 Å². The van der Waals surface area contributed by atoms with E-state index in [0.717, 1.165) is 37.6 Å². The van der Waals surface area contributed by atoms with Crippen molar-refractivity contribution in [3.8, 4) is 0 Å². The molecule has 22 heavy (non-hydrogen) atoms. The number of rotatable bonds is 4. The van der Waals surface area contributed by atoms with E-state index in [0.29, 0.717) is 16.1 Å². The quantitative estimate of drug-likeness (QED) is 0.906. The van der Waals surface area contributed by atoms with Crippen LogP contribution in [0.1, 0.15) is 12.0 Å². The second kappa shape index (κ2) is 7.97. The lowest BCUT2D eigenvalue weighted by molar-refractivity contribution is 0.551. The topological polar surface area (TPSA) is 41.0 Å². The Labute approximate surface area is 146 Å². The molecule has 1 saturated heterocycles. The lowest BCUT2D eigenvalue weighted by atomic mass is 10.2. The van der Waals surface area contributed by atoms with Crippen LogP contribution < -0.4 is 10.2 Å². The van der Waals surface area contributed by atoms with E-state index in [1.165, 1.54) is 0 Å². The van der Waals surface area contributed by atoms with Crippen LogP contribution in [0.4, 0.5) is 5.95 Å². The van der Waals surface area contributed by atoms with E-state index in [2.05, 4.69) is 20.2 Å². The first-order chi connectivity index (χ1) is 10.2. The highest BCUT2D eigenvalue weighted by Gasteiger charge is 2.23. The van der Waals surface area contributed by atoms with Crippen molar-refractivity contribution in [1.82, 2.24) is 15.3 Å². The molecule has 0 radical (unpaired) electrons. The molecule has 7 heteroatoms. The van der Waals surface area contributed by atoms with Crippen LogP contribution in [0.15, 0.2) is 36.7 Å². The molecular formula is C15H17Cl3N4. The van der Waals surface area contributed by atoms with Crippen molar-refractivity contribution < 1.29 is 0 Å². The second-order valence-electron chi connectivity index (χ2n) is 5.10. The molecule has 1 fully saturated rings. The molecule has 1 atom stereocenters. The van der Waals surface area contributed by atoms with Crippen LogP contribution >= 0.6 is 35.6 Å². The standard InChI is InChI=1S/C15H16Cl2N4.ClH/c16-12-3-2-11(14(17)8-12)9-20-13-4-7-21(10-13)15-18-5-1-6-19-15;/h1-3,5-6,8,13,20H,4,7,9-10H2;1H. The normalized spacial score (nSPS) is 17.4. The van der Waals surface area contributed by atoms with Crippen LogP contribution in [-0.2, 0) is 6.54 Å². The molecule has 0 spiro atoms. The predicted molar refractivity (Wildman–Crippen MR) is 93.2 cm³/mol. The van der Waals surface area contributed by atoms with Crippen molar-refractivity contribution >= 4 is 41.6 Å². The Kier molecular flexibility index (Phi) is 6.26. The molecular weight excluding hydrogens is 343 g/mol. The third-order valence-electron chi connectivity index (χ3n) is 3.62. The highest BCUT2D eigenvalue weighted by Crippen LogP contribution is 2.21. The van der Waals surface area contributed by atoms with E-state index < -0.39 is 0 Å². The van der Waals surface area contributed by atoms with Crippen LogP contribution in [0, 0.1) is 0 Å². The predicted octanol–water partition coefficient (Wildman–Crippen LogP) is 3.57. The molecule has 0 saturated carbocycles. The molecule has 118 valence electrons. The van der Waals surface area contributed by atoms with E-state index in [-0.39, 0.29) is 12.4 Å². The van der Waals surface area contributed by atoms with Gasteiger partial charge in [0.1, 0.15) is 0 Å². The average molecular weight is 360 g/mol. The first-order valence-electron chi connectivity index (χ1n) is 6.91. The number of benzene rings is 1. The molecule has 1 N–H and O–H groups in total. The van der Waals surface area contributed by atoms with Gasteiger partial charge in [0.25, 0.3) is 0 Å². The number of nitrogens with zero attached hydrogens (tertiary/aromatic N) is 3. The van der Waals surface area contributed by atoms with E-state index >= 15 is 0 Å². The van der Waals surface area contributed by atoms with Gasteiger partial charge in [-0.3, -0.25) is 0 Å². The summed E-state index contributed by atoms with van der Waals surface area (Å²) in [5.74, 6) is 0.798. The van der Waals surface area contributed by atoms with Gasteiger partial charge in [0.2, 0.25) is 5.95 Å². The Morgan fingerprint density at radius 1 is 1.23 bits per heavy atom. The van der Waals surface area contributed by atoms with Gasteiger partial charge in [-0.05, 0) is 30.2 Å². The van der Waals surface area contributed by atoms with Crippen LogP contribution in [0.5, 0.6) is 0 Å². The third-order valence-corrected chi connectivity index (χ3v) is 4.21. The van der Waals surface area contributed by atoms with Crippen molar-refractivity contribution in [2.45, 2.75) is 19.0 Å². The molecule has 4 nitrogen and oxygen atoms in total.